The van der Waals surface area contributed by atoms with Crippen molar-refractivity contribution in [2.24, 2.45) is 0 Å². The topological polar surface area (TPSA) is 44.8 Å². The minimum absolute atomic E-state index is 0.253. The Morgan fingerprint density at radius 2 is 1.50 bits per heavy atom. The van der Waals surface area contributed by atoms with E-state index in [1.807, 2.05) is 60.7 Å². The molecule has 4 nitrogen and oxygen atoms in total. The van der Waals surface area contributed by atoms with E-state index < -0.39 is 23.6 Å². The van der Waals surface area contributed by atoms with Crippen molar-refractivity contribution in [3.05, 3.63) is 71.8 Å². The minimum Gasteiger partial charge on any atom is -0.456 e. The van der Waals surface area contributed by atoms with Gasteiger partial charge in [-0.05, 0) is 11.1 Å². The molecule has 0 aliphatic carbocycles. The summed E-state index contributed by atoms with van der Waals surface area (Å²) in [6, 6.07) is 19.6. The summed E-state index contributed by atoms with van der Waals surface area (Å²) in [4.78, 5) is 11.7. The van der Waals surface area contributed by atoms with Crippen LogP contribution in [0.25, 0.3) is 0 Å². The number of alkyl halides is 1. The second-order valence-corrected chi connectivity index (χ2v) is 6.11. The summed E-state index contributed by atoms with van der Waals surface area (Å²) in [5.74, 6) is -0.456. The van der Waals surface area contributed by atoms with Gasteiger partial charge in [0, 0.05) is 0 Å². The molecule has 1 aliphatic heterocycles. The number of esters is 1. The number of carbonyl (C=O) groups is 1. The lowest BCUT2D eigenvalue weighted by Crippen LogP contribution is -2.34. The standard InChI is InChI=1S/C19H19ClO4/c20-17-18(23-12-15-9-5-2-6-10-15)16(24-19(17)21)13-22-11-14-7-3-1-4-8-14/h1-10,16-18H,11-13H2/t16-,17?,18?/m1/s1. The number of carbonyl (C=O) groups excluding carboxylic acids is 1. The van der Waals surface area contributed by atoms with Gasteiger partial charge in [-0.25, -0.2) is 0 Å². The summed E-state index contributed by atoms with van der Waals surface area (Å²) in [6.07, 6.45) is -1.01. The van der Waals surface area contributed by atoms with Crippen LogP contribution in [-0.4, -0.2) is 30.2 Å². The molecule has 0 radical (unpaired) electrons. The van der Waals surface area contributed by atoms with Crippen LogP contribution in [0.1, 0.15) is 11.1 Å². The maximum Gasteiger partial charge on any atom is 0.327 e. The Morgan fingerprint density at radius 1 is 0.917 bits per heavy atom. The average Bonchev–Trinajstić information content (AvgIpc) is 2.89. The van der Waals surface area contributed by atoms with E-state index in [1.54, 1.807) is 0 Å². The van der Waals surface area contributed by atoms with E-state index in [2.05, 4.69) is 0 Å². The first-order chi connectivity index (χ1) is 11.7. The highest BCUT2D eigenvalue weighted by molar-refractivity contribution is 6.31. The largest absolute Gasteiger partial charge is 0.456 e. The molecule has 24 heavy (non-hydrogen) atoms. The molecular formula is C19H19ClO4. The molecule has 1 saturated heterocycles. The SMILES string of the molecule is O=C1O[C@H](COCc2ccccc2)C(OCc2ccccc2)C1Cl. The first-order valence-electron chi connectivity index (χ1n) is 7.86. The Labute approximate surface area is 146 Å². The molecule has 1 fully saturated rings. The Hall–Kier alpha value is -1.88. The molecule has 1 aliphatic rings. The number of ether oxygens (including phenoxy) is 3. The lowest BCUT2D eigenvalue weighted by molar-refractivity contribution is -0.144. The fourth-order valence-electron chi connectivity index (χ4n) is 2.56. The maximum absolute atomic E-state index is 11.7. The quantitative estimate of drug-likeness (QED) is 0.570. The maximum atomic E-state index is 11.7. The fraction of sp³-hybridized carbons (Fsp3) is 0.316. The summed E-state index contributed by atoms with van der Waals surface area (Å²) in [6.45, 7) is 1.08. The van der Waals surface area contributed by atoms with E-state index in [0.717, 1.165) is 11.1 Å². The second-order valence-electron chi connectivity index (χ2n) is 5.64. The molecule has 5 heteroatoms. The lowest BCUT2D eigenvalue weighted by Gasteiger charge is -2.19. The van der Waals surface area contributed by atoms with Crippen LogP contribution in [0.4, 0.5) is 0 Å². The summed E-state index contributed by atoms with van der Waals surface area (Å²) in [5, 5.41) is -0.806. The predicted octanol–water partition coefficient (Wildman–Crippen LogP) is 3.32. The van der Waals surface area contributed by atoms with Crippen LogP contribution in [0.5, 0.6) is 0 Å². The second kappa shape index (κ2) is 8.29. The molecular weight excluding hydrogens is 328 g/mol. The van der Waals surface area contributed by atoms with Crippen molar-refractivity contribution in [1.29, 1.82) is 0 Å². The number of hydrogen-bond donors (Lipinski definition) is 0. The molecule has 126 valence electrons. The number of hydrogen-bond acceptors (Lipinski definition) is 4. The molecule has 0 aromatic heterocycles. The van der Waals surface area contributed by atoms with Crippen molar-refractivity contribution in [3.63, 3.8) is 0 Å². The molecule has 0 spiro atoms. The molecule has 0 N–H and O–H groups in total. The zero-order valence-electron chi connectivity index (χ0n) is 13.1. The summed E-state index contributed by atoms with van der Waals surface area (Å²) >= 11 is 6.13. The zero-order chi connectivity index (χ0) is 16.8. The third-order valence-corrected chi connectivity index (χ3v) is 4.25. The van der Waals surface area contributed by atoms with Crippen LogP contribution in [0.15, 0.2) is 60.7 Å². The molecule has 3 rings (SSSR count). The van der Waals surface area contributed by atoms with Gasteiger partial charge in [0.2, 0.25) is 0 Å². The van der Waals surface area contributed by atoms with Gasteiger partial charge in [-0.15, -0.1) is 11.6 Å². The Bertz CT molecular complexity index is 647. The van der Waals surface area contributed by atoms with Gasteiger partial charge in [-0.3, -0.25) is 4.79 Å². The van der Waals surface area contributed by atoms with E-state index in [-0.39, 0.29) is 6.61 Å². The smallest absolute Gasteiger partial charge is 0.327 e. The van der Waals surface area contributed by atoms with Crippen LogP contribution in [0, 0.1) is 0 Å². The molecule has 1 heterocycles. The Kier molecular flexibility index (Phi) is 5.86. The molecule has 3 atom stereocenters. The van der Waals surface area contributed by atoms with Crippen molar-refractivity contribution >= 4 is 17.6 Å². The van der Waals surface area contributed by atoms with E-state index in [4.69, 9.17) is 25.8 Å². The minimum atomic E-state index is -0.806. The molecule has 2 aromatic rings. The van der Waals surface area contributed by atoms with E-state index in [0.29, 0.717) is 13.2 Å². The predicted molar refractivity (Wildman–Crippen MR) is 90.6 cm³/mol. The monoisotopic (exact) mass is 346 g/mol. The number of halogens is 1. The van der Waals surface area contributed by atoms with Crippen molar-refractivity contribution in [2.45, 2.75) is 30.8 Å². The van der Waals surface area contributed by atoms with Gasteiger partial charge in [0.15, 0.2) is 11.5 Å². The highest BCUT2D eigenvalue weighted by Gasteiger charge is 2.44. The van der Waals surface area contributed by atoms with E-state index in [9.17, 15) is 4.79 Å². The summed E-state index contributed by atoms with van der Waals surface area (Å²) < 4.78 is 16.8. The molecule has 0 saturated carbocycles. The first kappa shape index (κ1) is 17.0. The van der Waals surface area contributed by atoms with Crippen LogP contribution >= 0.6 is 11.6 Å². The van der Waals surface area contributed by atoms with Crippen LogP contribution in [0.3, 0.4) is 0 Å². The van der Waals surface area contributed by atoms with Gasteiger partial charge in [0.1, 0.15) is 6.10 Å². The third-order valence-electron chi connectivity index (χ3n) is 3.83. The van der Waals surface area contributed by atoms with Crippen molar-refractivity contribution in [1.82, 2.24) is 0 Å². The van der Waals surface area contributed by atoms with Gasteiger partial charge in [0.05, 0.1) is 19.8 Å². The summed E-state index contributed by atoms with van der Waals surface area (Å²) in [7, 11) is 0. The van der Waals surface area contributed by atoms with Gasteiger partial charge in [-0.2, -0.15) is 0 Å². The number of cyclic esters (lactones) is 1. The van der Waals surface area contributed by atoms with Gasteiger partial charge >= 0.3 is 5.97 Å². The van der Waals surface area contributed by atoms with Gasteiger partial charge in [0.25, 0.3) is 0 Å². The average molecular weight is 347 g/mol. The van der Waals surface area contributed by atoms with E-state index >= 15 is 0 Å². The fourth-order valence-corrected chi connectivity index (χ4v) is 2.84. The number of rotatable bonds is 7. The van der Waals surface area contributed by atoms with Crippen molar-refractivity contribution in [2.75, 3.05) is 6.61 Å². The lowest BCUT2D eigenvalue weighted by atomic mass is 10.2. The van der Waals surface area contributed by atoms with Crippen molar-refractivity contribution < 1.29 is 19.0 Å². The highest BCUT2D eigenvalue weighted by Crippen LogP contribution is 2.25. The van der Waals surface area contributed by atoms with Crippen LogP contribution in [0.2, 0.25) is 0 Å². The van der Waals surface area contributed by atoms with Gasteiger partial charge in [-0.1, -0.05) is 60.7 Å². The first-order valence-corrected chi connectivity index (χ1v) is 8.29. The summed E-state index contributed by atoms with van der Waals surface area (Å²) in [5.41, 5.74) is 2.08. The van der Waals surface area contributed by atoms with Crippen LogP contribution < -0.4 is 0 Å². The molecule has 2 aromatic carbocycles. The van der Waals surface area contributed by atoms with E-state index in [1.165, 1.54) is 0 Å². The zero-order valence-corrected chi connectivity index (χ0v) is 13.9. The highest BCUT2D eigenvalue weighted by atomic mass is 35.5. The molecule has 2 unspecified atom stereocenters. The Morgan fingerprint density at radius 3 is 2.12 bits per heavy atom. The third kappa shape index (κ3) is 4.35. The van der Waals surface area contributed by atoms with Crippen LogP contribution in [-0.2, 0) is 32.2 Å². The number of benzene rings is 2. The van der Waals surface area contributed by atoms with Gasteiger partial charge < -0.3 is 14.2 Å². The molecule has 0 bridgehead atoms. The van der Waals surface area contributed by atoms with Crippen molar-refractivity contribution in [3.8, 4) is 0 Å². The Balaban J connectivity index is 1.53. The molecule has 0 amide bonds. The normalized spacial score (nSPS) is 23.2.